The van der Waals surface area contributed by atoms with Gasteiger partial charge in [0.15, 0.2) is 5.78 Å². The van der Waals surface area contributed by atoms with Crippen molar-refractivity contribution in [3.63, 3.8) is 0 Å². The third-order valence-corrected chi connectivity index (χ3v) is 3.12. The van der Waals surface area contributed by atoms with Crippen LogP contribution in [0.2, 0.25) is 0 Å². The predicted molar refractivity (Wildman–Crippen MR) is 83.9 cm³/mol. The molecule has 2 rings (SSSR count). The number of amides is 1. The number of hydrogen-bond acceptors (Lipinski definition) is 5. The number of rotatable bonds is 4. The number of anilines is 1. The summed E-state index contributed by atoms with van der Waals surface area (Å²) in [6.07, 6.45) is -0.836. The lowest BCUT2D eigenvalue weighted by molar-refractivity contribution is -0.385. The molecule has 7 heteroatoms. The highest BCUT2D eigenvalue weighted by Gasteiger charge is 2.15. The van der Waals surface area contributed by atoms with Crippen molar-refractivity contribution in [1.29, 1.82) is 0 Å². The minimum absolute atomic E-state index is 0.105. The van der Waals surface area contributed by atoms with Crippen LogP contribution in [0.1, 0.15) is 22.8 Å². The molecule has 2 aromatic carbocycles. The first-order valence-corrected chi connectivity index (χ1v) is 6.72. The molecule has 1 N–H and O–H groups in total. The number of Topliss-reactive ketones (excluding diaryl/α,β-unsaturated/α-hetero) is 1. The van der Waals surface area contributed by atoms with Crippen LogP contribution in [0.5, 0.6) is 5.75 Å². The maximum absolute atomic E-state index is 11.9. The number of carbonyl (C=O) groups is 2. The molecule has 118 valence electrons. The van der Waals surface area contributed by atoms with Crippen molar-refractivity contribution in [3.8, 4) is 5.75 Å². The smallest absolute Gasteiger partial charge is 0.409 e. The van der Waals surface area contributed by atoms with Crippen molar-refractivity contribution in [3.05, 3.63) is 63.7 Å². The highest BCUT2D eigenvalue weighted by atomic mass is 16.6. The molecule has 0 fully saturated rings. The first-order valence-electron chi connectivity index (χ1n) is 6.72. The average molecular weight is 314 g/mol. The summed E-state index contributed by atoms with van der Waals surface area (Å²) in [5, 5.41) is 13.3. The molecule has 0 bridgehead atoms. The van der Waals surface area contributed by atoms with Gasteiger partial charge >= 0.3 is 6.09 Å². The molecule has 0 unspecified atom stereocenters. The summed E-state index contributed by atoms with van der Waals surface area (Å²) in [4.78, 5) is 33.7. The van der Waals surface area contributed by atoms with E-state index >= 15 is 0 Å². The van der Waals surface area contributed by atoms with Crippen LogP contribution in [0, 0.1) is 17.0 Å². The quantitative estimate of drug-likeness (QED) is 0.527. The Balaban J connectivity index is 2.16. The van der Waals surface area contributed by atoms with E-state index in [-0.39, 0.29) is 28.5 Å². The molecule has 7 nitrogen and oxygen atoms in total. The van der Waals surface area contributed by atoms with E-state index in [0.29, 0.717) is 5.56 Å². The van der Waals surface area contributed by atoms with Crippen LogP contribution in [-0.4, -0.2) is 16.8 Å². The van der Waals surface area contributed by atoms with Gasteiger partial charge in [-0.05, 0) is 32.0 Å². The van der Waals surface area contributed by atoms with E-state index in [1.165, 1.54) is 31.2 Å². The second kappa shape index (κ2) is 6.69. The number of nitrogens with zero attached hydrogens (tertiary/aromatic N) is 1. The second-order valence-electron chi connectivity index (χ2n) is 4.83. The molecule has 1 amide bonds. The fraction of sp³-hybridized carbons (Fsp3) is 0.125. The number of nitro benzene ring substituents is 1. The van der Waals surface area contributed by atoms with Gasteiger partial charge in [-0.3, -0.25) is 20.2 Å². The zero-order valence-electron chi connectivity index (χ0n) is 12.5. The summed E-state index contributed by atoms with van der Waals surface area (Å²) in [7, 11) is 0. The third kappa shape index (κ3) is 3.91. The van der Waals surface area contributed by atoms with E-state index in [9.17, 15) is 19.7 Å². The van der Waals surface area contributed by atoms with Crippen molar-refractivity contribution in [2.24, 2.45) is 0 Å². The Hall–Kier alpha value is -3.22. The van der Waals surface area contributed by atoms with E-state index < -0.39 is 11.0 Å². The van der Waals surface area contributed by atoms with E-state index in [1.54, 1.807) is 25.1 Å². The second-order valence-corrected chi connectivity index (χ2v) is 4.83. The Morgan fingerprint density at radius 3 is 2.52 bits per heavy atom. The molecule has 0 heterocycles. The number of hydrogen-bond donors (Lipinski definition) is 1. The molecule has 0 saturated heterocycles. The van der Waals surface area contributed by atoms with Crippen LogP contribution in [0.15, 0.2) is 42.5 Å². The van der Waals surface area contributed by atoms with Gasteiger partial charge in [0, 0.05) is 11.6 Å². The van der Waals surface area contributed by atoms with Gasteiger partial charge in [0.25, 0.3) is 5.69 Å². The summed E-state index contributed by atoms with van der Waals surface area (Å²) >= 11 is 0. The van der Waals surface area contributed by atoms with Gasteiger partial charge in [-0.2, -0.15) is 0 Å². The van der Waals surface area contributed by atoms with E-state index in [0.717, 1.165) is 0 Å². The summed E-state index contributed by atoms with van der Waals surface area (Å²) in [6.45, 7) is 2.97. The molecule has 0 aliphatic heterocycles. The Bertz CT molecular complexity index is 786. The molecule has 23 heavy (non-hydrogen) atoms. The zero-order chi connectivity index (χ0) is 17.0. The van der Waals surface area contributed by atoms with Crippen molar-refractivity contribution >= 4 is 23.3 Å². The Morgan fingerprint density at radius 2 is 1.87 bits per heavy atom. The van der Waals surface area contributed by atoms with Crippen molar-refractivity contribution in [2.75, 3.05) is 5.32 Å². The number of benzene rings is 2. The maximum Gasteiger partial charge on any atom is 0.417 e. The highest BCUT2D eigenvalue weighted by Crippen LogP contribution is 2.23. The third-order valence-electron chi connectivity index (χ3n) is 3.12. The first kappa shape index (κ1) is 16.2. The van der Waals surface area contributed by atoms with Crippen LogP contribution < -0.4 is 10.1 Å². The SMILES string of the molecule is CC(=O)c1ccccc1OC(=O)Nc1ccc(C)c([N+](=O)[O-])c1. The van der Waals surface area contributed by atoms with Gasteiger partial charge < -0.3 is 4.74 Å². The van der Waals surface area contributed by atoms with Gasteiger partial charge in [0.05, 0.1) is 16.2 Å². The lowest BCUT2D eigenvalue weighted by Crippen LogP contribution is -2.18. The van der Waals surface area contributed by atoms with Crippen LogP contribution in [0.3, 0.4) is 0 Å². The number of nitrogens with one attached hydrogen (secondary N) is 1. The fourth-order valence-electron chi connectivity index (χ4n) is 1.97. The van der Waals surface area contributed by atoms with Gasteiger partial charge in [0.1, 0.15) is 5.75 Å². The molecule has 0 radical (unpaired) electrons. The van der Waals surface area contributed by atoms with E-state index in [1.807, 2.05) is 0 Å². The molecule has 0 aliphatic rings. The van der Waals surface area contributed by atoms with Gasteiger partial charge in [-0.1, -0.05) is 18.2 Å². The normalized spacial score (nSPS) is 10.0. The van der Waals surface area contributed by atoms with Gasteiger partial charge in [-0.15, -0.1) is 0 Å². The number of carbonyl (C=O) groups excluding carboxylic acids is 2. The predicted octanol–water partition coefficient (Wildman–Crippen LogP) is 3.72. The lowest BCUT2D eigenvalue weighted by Gasteiger charge is -2.09. The van der Waals surface area contributed by atoms with Gasteiger partial charge in [0.2, 0.25) is 0 Å². The summed E-state index contributed by atoms with van der Waals surface area (Å²) < 4.78 is 5.10. The van der Waals surface area contributed by atoms with Crippen molar-refractivity contribution in [2.45, 2.75) is 13.8 Å². The minimum Gasteiger partial charge on any atom is -0.409 e. The van der Waals surface area contributed by atoms with Gasteiger partial charge in [-0.25, -0.2) is 4.79 Å². The summed E-state index contributed by atoms with van der Waals surface area (Å²) in [5.41, 5.74) is 0.882. The monoisotopic (exact) mass is 314 g/mol. The number of ketones is 1. The van der Waals surface area contributed by atoms with Crippen LogP contribution in [0.25, 0.3) is 0 Å². The van der Waals surface area contributed by atoms with E-state index in [4.69, 9.17) is 4.74 Å². The average Bonchev–Trinajstić information content (AvgIpc) is 2.49. The standard InChI is InChI=1S/C16H14N2O5/c1-10-7-8-12(9-14(10)18(21)22)17-16(20)23-15-6-4-3-5-13(15)11(2)19/h3-9H,1-2H3,(H,17,20). The first-order chi connectivity index (χ1) is 10.9. The number of aryl methyl sites for hydroxylation is 1. The summed E-state index contributed by atoms with van der Waals surface area (Å²) in [6, 6.07) is 10.6. The van der Waals surface area contributed by atoms with Crippen molar-refractivity contribution < 1.29 is 19.2 Å². The molecule has 0 aliphatic carbocycles. The zero-order valence-corrected chi connectivity index (χ0v) is 12.5. The number of ether oxygens (including phenoxy) is 1. The van der Waals surface area contributed by atoms with Crippen molar-refractivity contribution in [1.82, 2.24) is 0 Å². The lowest BCUT2D eigenvalue weighted by atomic mass is 10.1. The topological polar surface area (TPSA) is 98.5 Å². The molecule has 0 spiro atoms. The van der Waals surface area contributed by atoms with Crippen LogP contribution in [-0.2, 0) is 0 Å². The highest BCUT2D eigenvalue weighted by molar-refractivity contribution is 5.98. The number of para-hydroxylation sites is 1. The molecule has 0 aromatic heterocycles. The molecular formula is C16H14N2O5. The largest absolute Gasteiger partial charge is 0.417 e. The molecular weight excluding hydrogens is 300 g/mol. The van der Waals surface area contributed by atoms with Crippen LogP contribution in [0.4, 0.5) is 16.2 Å². The fourth-order valence-corrected chi connectivity index (χ4v) is 1.97. The van der Waals surface area contributed by atoms with E-state index in [2.05, 4.69) is 5.32 Å². The Labute approximate surface area is 132 Å². The molecule has 2 aromatic rings. The number of nitro groups is 1. The maximum atomic E-state index is 11.9. The Kier molecular flexibility index (Phi) is 4.70. The molecule has 0 atom stereocenters. The van der Waals surface area contributed by atoms with Crippen LogP contribution >= 0.6 is 0 Å². The molecule has 0 saturated carbocycles. The minimum atomic E-state index is -0.836. The summed E-state index contributed by atoms with van der Waals surface area (Å²) in [5.74, 6) is -0.113. The Morgan fingerprint density at radius 1 is 1.17 bits per heavy atom.